The Labute approximate surface area is 193 Å². The lowest BCUT2D eigenvalue weighted by atomic mass is 9.94. The molecule has 0 saturated heterocycles. The number of aryl methyl sites for hydroxylation is 1. The lowest BCUT2D eigenvalue weighted by Crippen LogP contribution is -2.40. The van der Waals surface area contributed by atoms with Gasteiger partial charge in [-0.25, -0.2) is 0 Å². The summed E-state index contributed by atoms with van der Waals surface area (Å²) in [5.74, 6) is 0.901. The van der Waals surface area contributed by atoms with Crippen LogP contribution in [0.1, 0.15) is 62.4 Å². The van der Waals surface area contributed by atoms with E-state index in [1.165, 1.54) is 5.56 Å². The maximum atomic E-state index is 9.70. The Morgan fingerprint density at radius 2 is 1.41 bits per heavy atom. The molecule has 0 bridgehead atoms. The molecule has 170 valence electrons. The van der Waals surface area contributed by atoms with Crippen LogP contribution in [0, 0.1) is 0 Å². The molecule has 0 fully saturated rings. The van der Waals surface area contributed by atoms with Gasteiger partial charge < -0.3 is 9.84 Å². The minimum absolute atomic E-state index is 0.0399. The predicted molar refractivity (Wildman–Crippen MR) is 133 cm³/mol. The zero-order valence-corrected chi connectivity index (χ0v) is 19.9. The summed E-state index contributed by atoms with van der Waals surface area (Å²) in [6, 6.07) is 28.3. The number of benzene rings is 3. The molecule has 1 unspecified atom stereocenters. The monoisotopic (exact) mass is 431 g/mol. The van der Waals surface area contributed by atoms with Crippen LogP contribution in [-0.4, -0.2) is 22.1 Å². The van der Waals surface area contributed by atoms with Gasteiger partial charge in [0.1, 0.15) is 12.4 Å². The van der Waals surface area contributed by atoms with Crippen molar-refractivity contribution >= 4 is 0 Å². The zero-order valence-electron chi connectivity index (χ0n) is 19.9. The smallest absolute Gasteiger partial charge is 0.123 e. The van der Waals surface area contributed by atoms with Crippen LogP contribution < -0.4 is 4.74 Å². The number of hydrogen-bond acceptors (Lipinski definition) is 3. The van der Waals surface area contributed by atoms with Crippen LogP contribution in [-0.2, 0) is 19.6 Å². The van der Waals surface area contributed by atoms with E-state index in [9.17, 15) is 5.11 Å². The molecule has 32 heavy (non-hydrogen) atoms. The van der Waals surface area contributed by atoms with Crippen LogP contribution in [0.15, 0.2) is 78.9 Å². The standard InChI is InChI=1S/C29H37NO2/c1-22(2)30(23(3)4)28(26-13-9-6-10-14-26)17-16-27-19-25(20-31)15-18-29(27)32-21-24-11-7-5-8-12-24/h5-15,18-19,22-23,28,31H,16-17,20-21H2,1-4H3. The molecule has 1 atom stereocenters. The Balaban J connectivity index is 1.84. The second kappa shape index (κ2) is 11.8. The second-order valence-corrected chi connectivity index (χ2v) is 8.97. The van der Waals surface area contributed by atoms with Crippen molar-refractivity contribution in [3.8, 4) is 5.75 Å². The number of aliphatic hydroxyl groups is 1. The molecule has 1 N–H and O–H groups in total. The van der Waals surface area contributed by atoms with Gasteiger partial charge >= 0.3 is 0 Å². The number of nitrogens with zero attached hydrogens (tertiary/aromatic N) is 1. The van der Waals surface area contributed by atoms with Crippen molar-refractivity contribution in [2.75, 3.05) is 0 Å². The number of aliphatic hydroxyl groups excluding tert-OH is 1. The first kappa shape index (κ1) is 24.0. The normalized spacial score (nSPS) is 12.5. The van der Waals surface area contributed by atoms with Gasteiger partial charge in [0, 0.05) is 18.1 Å². The number of rotatable bonds is 11. The van der Waals surface area contributed by atoms with E-state index in [0.717, 1.165) is 35.3 Å². The summed E-state index contributed by atoms with van der Waals surface area (Å²) in [7, 11) is 0. The topological polar surface area (TPSA) is 32.7 Å². The highest BCUT2D eigenvalue weighted by molar-refractivity contribution is 5.38. The molecule has 0 aromatic heterocycles. The Kier molecular flexibility index (Phi) is 8.90. The summed E-state index contributed by atoms with van der Waals surface area (Å²) in [5, 5.41) is 9.70. The molecule has 0 amide bonds. The molecule has 3 heteroatoms. The first-order valence-corrected chi connectivity index (χ1v) is 11.7. The van der Waals surface area contributed by atoms with E-state index in [-0.39, 0.29) is 6.61 Å². The Morgan fingerprint density at radius 1 is 0.781 bits per heavy atom. The zero-order chi connectivity index (χ0) is 22.9. The van der Waals surface area contributed by atoms with Gasteiger partial charge in [0.2, 0.25) is 0 Å². The van der Waals surface area contributed by atoms with E-state index in [1.54, 1.807) is 0 Å². The minimum Gasteiger partial charge on any atom is -0.489 e. The van der Waals surface area contributed by atoms with Crippen molar-refractivity contribution in [2.24, 2.45) is 0 Å². The van der Waals surface area contributed by atoms with Gasteiger partial charge in [-0.3, -0.25) is 4.90 Å². The average Bonchev–Trinajstić information content (AvgIpc) is 2.81. The molecule has 0 aliphatic rings. The van der Waals surface area contributed by atoms with Crippen LogP contribution >= 0.6 is 0 Å². The van der Waals surface area contributed by atoms with Gasteiger partial charge in [-0.1, -0.05) is 66.7 Å². The molecule has 3 aromatic carbocycles. The lowest BCUT2D eigenvalue weighted by molar-refractivity contribution is 0.106. The second-order valence-electron chi connectivity index (χ2n) is 8.97. The van der Waals surface area contributed by atoms with E-state index in [2.05, 4.69) is 81.1 Å². The highest BCUT2D eigenvalue weighted by atomic mass is 16.5. The molecule has 3 rings (SSSR count). The molecule has 3 aromatic rings. The van der Waals surface area contributed by atoms with E-state index in [1.807, 2.05) is 30.3 Å². The highest BCUT2D eigenvalue weighted by Crippen LogP contribution is 2.32. The van der Waals surface area contributed by atoms with Crippen molar-refractivity contribution in [1.29, 1.82) is 0 Å². The van der Waals surface area contributed by atoms with E-state index < -0.39 is 0 Å². The van der Waals surface area contributed by atoms with Crippen molar-refractivity contribution in [3.05, 3.63) is 101 Å². The van der Waals surface area contributed by atoms with E-state index in [4.69, 9.17) is 4.74 Å². The van der Waals surface area contributed by atoms with Crippen LogP contribution in [0.4, 0.5) is 0 Å². The third-order valence-electron chi connectivity index (χ3n) is 5.97. The average molecular weight is 432 g/mol. The quantitative estimate of drug-likeness (QED) is 0.374. The fourth-order valence-electron chi connectivity index (χ4n) is 4.57. The van der Waals surface area contributed by atoms with Crippen LogP contribution in [0.3, 0.4) is 0 Å². The number of ether oxygens (including phenoxy) is 1. The molecule has 3 nitrogen and oxygen atoms in total. The fourth-order valence-corrected chi connectivity index (χ4v) is 4.57. The van der Waals surface area contributed by atoms with Crippen molar-refractivity contribution < 1.29 is 9.84 Å². The molecule has 0 spiro atoms. The molecule has 0 saturated carbocycles. The SMILES string of the molecule is CC(C)N(C(C)C)C(CCc1cc(CO)ccc1OCc1ccccc1)c1ccccc1. The highest BCUT2D eigenvalue weighted by Gasteiger charge is 2.25. The summed E-state index contributed by atoms with van der Waals surface area (Å²) < 4.78 is 6.22. The largest absolute Gasteiger partial charge is 0.489 e. The first-order chi connectivity index (χ1) is 15.5. The van der Waals surface area contributed by atoms with E-state index >= 15 is 0 Å². The van der Waals surface area contributed by atoms with Crippen LogP contribution in [0.2, 0.25) is 0 Å². The minimum atomic E-state index is 0.0399. The third kappa shape index (κ3) is 6.44. The maximum absolute atomic E-state index is 9.70. The van der Waals surface area contributed by atoms with E-state index in [0.29, 0.717) is 24.7 Å². The summed E-state index contributed by atoms with van der Waals surface area (Å²) in [4.78, 5) is 2.59. The van der Waals surface area contributed by atoms with Gasteiger partial charge in [0.05, 0.1) is 6.61 Å². The Hall–Kier alpha value is -2.62. The fraction of sp³-hybridized carbons (Fsp3) is 0.379. The lowest BCUT2D eigenvalue weighted by Gasteiger charge is -2.39. The summed E-state index contributed by atoms with van der Waals surface area (Å²) in [5.41, 5.74) is 4.58. The van der Waals surface area contributed by atoms with Crippen LogP contribution in [0.5, 0.6) is 5.75 Å². The molecular weight excluding hydrogens is 394 g/mol. The van der Waals surface area contributed by atoms with Gasteiger partial charge in [0.25, 0.3) is 0 Å². The molecule has 0 heterocycles. The molecule has 0 radical (unpaired) electrons. The van der Waals surface area contributed by atoms with Crippen LogP contribution in [0.25, 0.3) is 0 Å². The Bertz CT molecular complexity index is 930. The van der Waals surface area contributed by atoms with Gasteiger partial charge in [-0.15, -0.1) is 0 Å². The molecule has 0 aliphatic heterocycles. The summed E-state index contributed by atoms with van der Waals surface area (Å²) >= 11 is 0. The molecular formula is C29H37NO2. The van der Waals surface area contributed by atoms with Gasteiger partial charge in [-0.2, -0.15) is 0 Å². The number of hydrogen-bond donors (Lipinski definition) is 1. The summed E-state index contributed by atoms with van der Waals surface area (Å²) in [6.45, 7) is 9.68. The Morgan fingerprint density at radius 3 is 2.00 bits per heavy atom. The maximum Gasteiger partial charge on any atom is 0.123 e. The third-order valence-corrected chi connectivity index (χ3v) is 5.97. The first-order valence-electron chi connectivity index (χ1n) is 11.7. The van der Waals surface area contributed by atoms with Gasteiger partial charge in [0.15, 0.2) is 0 Å². The summed E-state index contributed by atoms with van der Waals surface area (Å²) in [6.07, 6.45) is 1.87. The predicted octanol–water partition coefficient (Wildman–Crippen LogP) is 6.55. The molecule has 0 aliphatic carbocycles. The van der Waals surface area contributed by atoms with Gasteiger partial charge in [-0.05, 0) is 74.9 Å². The van der Waals surface area contributed by atoms with Crippen molar-refractivity contribution in [1.82, 2.24) is 4.90 Å². The van der Waals surface area contributed by atoms with Crippen molar-refractivity contribution in [3.63, 3.8) is 0 Å². The van der Waals surface area contributed by atoms with Crippen molar-refractivity contribution in [2.45, 2.75) is 71.9 Å².